The van der Waals surface area contributed by atoms with Crippen LogP contribution in [0.25, 0.3) is 0 Å². The molecule has 0 radical (unpaired) electrons. The predicted molar refractivity (Wildman–Crippen MR) is 115 cm³/mol. The monoisotopic (exact) mass is 444 g/mol. The van der Waals surface area contributed by atoms with Gasteiger partial charge >= 0.3 is 15.2 Å². The van der Waals surface area contributed by atoms with Crippen LogP contribution in [0.3, 0.4) is 0 Å². The van der Waals surface area contributed by atoms with Crippen molar-refractivity contribution in [1.29, 1.82) is 0 Å². The molecule has 1 unspecified atom stereocenters. The van der Waals surface area contributed by atoms with Crippen LogP contribution in [0.15, 0.2) is 12.2 Å². The number of hydrogen-bond acceptors (Lipinski definition) is 3. The van der Waals surface area contributed by atoms with Crippen molar-refractivity contribution in [2.75, 3.05) is 5.75 Å². The summed E-state index contributed by atoms with van der Waals surface area (Å²) in [7, 11) is -9.76. The summed E-state index contributed by atoms with van der Waals surface area (Å²) in [6.07, 6.45) is 16.1. The highest BCUT2D eigenvalue weighted by atomic mass is 32.1. The minimum Gasteiger partial charge on any atom is -0.324 e. The second-order valence-electron chi connectivity index (χ2n) is 7.18. The fraction of sp³-hybridized carbons (Fsp3) is 0.889. The first-order valence-corrected chi connectivity index (χ1v) is 14.0. The highest BCUT2D eigenvalue weighted by Crippen LogP contribution is 2.64. The van der Waals surface area contributed by atoms with Crippen LogP contribution < -0.4 is 0 Å². The lowest BCUT2D eigenvalue weighted by Gasteiger charge is -2.28. The zero-order chi connectivity index (χ0) is 20.8. The lowest BCUT2D eigenvalue weighted by atomic mass is 10.00. The van der Waals surface area contributed by atoms with Crippen LogP contribution in [0.2, 0.25) is 0 Å². The van der Waals surface area contributed by atoms with Gasteiger partial charge in [0.1, 0.15) is 0 Å². The topological polar surface area (TPSA) is 115 Å². The summed E-state index contributed by atoms with van der Waals surface area (Å²) in [5, 5.41) is -1.92. The lowest BCUT2D eigenvalue weighted by molar-refractivity contribution is 0.306. The van der Waals surface area contributed by atoms with Crippen LogP contribution in [0, 0.1) is 5.92 Å². The predicted octanol–water partition coefficient (Wildman–Crippen LogP) is 5.47. The van der Waals surface area contributed by atoms with Gasteiger partial charge in [0.25, 0.3) is 0 Å². The van der Waals surface area contributed by atoms with Crippen molar-refractivity contribution < 1.29 is 28.7 Å². The third kappa shape index (κ3) is 14.1. The summed E-state index contributed by atoms with van der Waals surface area (Å²) in [5.74, 6) is -0.393. The van der Waals surface area contributed by atoms with Crippen molar-refractivity contribution in [2.45, 2.75) is 89.4 Å². The van der Waals surface area contributed by atoms with Gasteiger partial charge in [-0.2, -0.15) is 12.6 Å². The average molecular weight is 445 g/mol. The standard InChI is InChI=1S/C18H38O6P2S/c1-2-3-4-5-6-7-8-9-10-11-12-13-14-17(15-16-27)18(25(19,20)21)26(22,23)24/h9-10,17-18,27H,2-8,11-16H2,1H3,(H2,19,20,21)(H2,22,23,24). The normalized spacial score (nSPS) is 14.3. The van der Waals surface area contributed by atoms with Gasteiger partial charge < -0.3 is 19.6 Å². The van der Waals surface area contributed by atoms with E-state index >= 15 is 0 Å². The van der Waals surface area contributed by atoms with Crippen LogP contribution >= 0.6 is 27.8 Å². The molecule has 0 aromatic carbocycles. The second-order valence-corrected chi connectivity index (χ2v) is 11.5. The van der Waals surface area contributed by atoms with Crippen molar-refractivity contribution in [3.63, 3.8) is 0 Å². The van der Waals surface area contributed by atoms with Crippen LogP contribution in [-0.2, 0) is 9.13 Å². The zero-order valence-electron chi connectivity index (χ0n) is 16.4. The van der Waals surface area contributed by atoms with Gasteiger partial charge in [0.05, 0.1) is 0 Å². The maximum Gasteiger partial charge on any atom is 0.340 e. The van der Waals surface area contributed by atoms with Crippen LogP contribution in [0.4, 0.5) is 0 Å². The van der Waals surface area contributed by atoms with Gasteiger partial charge in [-0.15, -0.1) is 0 Å². The van der Waals surface area contributed by atoms with E-state index in [0.29, 0.717) is 18.6 Å². The molecule has 0 heterocycles. The first-order valence-electron chi connectivity index (χ1n) is 10.0. The number of thiol groups is 1. The quantitative estimate of drug-likeness (QED) is 0.0879. The third-order valence-corrected chi connectivity index (χ3v) is 8.98. The van der Waals surface area contributed by atoms with Crippen LogP contribution in [0.1, 0.15) is 84.0 Å². The molecule has 6 nitrogen and oxygen atoms in total. The van der Waals surface area contributed by atoms with E-state index in [1.54, 1.807) is 0 Å². The smallest absolute Gasteiger partial charge is 0.324 e. The van der Waals surface area contributed by atoms with E-state index < -0.39 is 26.5 Å². The van der Waals surface area contributed by atoms with Gasteiger partial charge in [-0.3, -0.25) is 9.13 Å². The molecule has 0 amide bonds. The summed E-state index contributed by atoms with van der Waals surface area (Å²) in [5.41, 5.74) is 0. The molecule has 0 aliphatic heterocycles. The van der Waals surface area contributed by atoms with E-state index in [1.807, 2.05) is 0 Å². The molecule has 0 aliphatic rings. The Morgan fingerprint density at radius 1 is 0.778 bits per heavy atom. The summed E-state index contributed by atoms with van der Waals surface area (Å²) in [6, 6.07) is 0. The Kier molecular flexibility index (Phi) is 15.5. The van der Waals surface area contributed by atoms with E-state index in [0.717, 1.165) is 19.3 Å². The Morgan fingerprint density at radius 3 is 1.74 bits per heavy atom. The molecular formula is C18H38O6P2S. The van der Waals surface area contributed by atoms with E-state index in [2.05, 4.69) is 31.7 Å². The number of hydrogen-bond donors (Lipinski definition) is 5. The SMILES string of the molecule is CCCCCCCCC=CCCCCC(CCS)C(P(=O)(O)O)P(=O)(O)O. The lowest BCUT2D eigenvalue weighted by Crippen LogP contribution is -2.22. The Morgan fingerprint density at radius 2 is 1.26 bits per heavy atom. The second kappa shape index (κ2) is 15.3. The van der Waals surface area contributed by atoms with E-state index in [-0.39, 0.29) is 6.42 Å². The Hall–Kier alpha value is 0.390. The van der Waals surface area contributed by atoms with Gasteiger partial charge in [0.15, 0.2) is 5.40 Å². The van der Waals surface area contributed by atoms with Crippen molar-refractivity contribution >= 4 is 27.8 Å². The largest absolute Gasteiger partial charge is 0.340 e. The Balaban J connectivity index is 4.17. The minimum atomic E-state index is -4.88. The van der Waals surface area contributed by atoms with Crippen molar-refractivity contribution in [2.24, 2.45) is 5.92 Å². The molecular weight excluding hydrogens is 406 g/mol. The maximum atomic E-state index is 11.6. The summed E-state index contributed by atoms with van der Waals surface area (Å²) in [4.78, 5) is 37.5. The molecule has 0 aromatic rings. The van der Waals surface area contributed by atoms with Gasteiger partial charge in [-0.25, -0.2) is 0 Å². The van der Waals surface area contributed by atoms with Gasteiger partial charge in [0, 0.05) is 0 Å². The summed E-state index contributed by atoms with van der Waals surface area (Å²) in [6.45, 7) is 2.21. The van der Waals surface area contributed by atoms with Gasteiger partial charge in [0.2, 0.25) is 0 Å². The maximum absolute atomic E-state index is 11.6. The highest BCUT2D eigenvalue weighted by Gasteiger charge is 2.47. The molecule has 0 rings (SSSR count). The number of unbranched alkanes of at least 4 members (excludes halogenated alkanes) is 8. The average Bonchev–Trinajstić information content (AvgIpc) is 2.53. The van der Waals surface area contributed by atoms with Crippen molar-refractivity contribution in [3.05, 3.63) is 12.2 Å². The van der Waals surface area contributed by atoms with Crippen LogP contribution in [-0.4, -0.2) is 30.7 Å². The van der Waals surface area contributed by atoms with Gasteiger partial charge in [-0.1, -0.05) is 57.6 Å². The Bertz CT molecular complexity index is 466. The molecule has 0 spiro atoms. The van der Waals surface area contributed by atoms with E-state index in [4.69, 9.17) is 0 Å². The molecule has 0 saturated carbocycles. The van der Waals surface area contributed by atoms with Crippen molar-refractivity contribution in [1.82, 2.24) is 0 Å². The Labute approximate surface area is 170 Å². The number of rotatable bonds is 17. The van der Waals surface area contributed by atoms with E-state index in [1.165, 1.54) is 38.5 Å². The first-order chi connectivity index (χ1) is 12.6. The molecule has 162 valence electrons. The molecule has 0 aromatic heterocycles. The number of allylic oxidation sites excluding steroid dienone is 2. The van der Waals surface area contributed by atoms with Crippen LogP contribution in [0.5, 0.6) is 0 Å². The molecule has 4 N–H and O–H groups in total. The van der Waals surface area contributed by atoms with Gasteiger partial charge in [-0.05, 0) is 50.2 Å². The molecule has 0 aliphatic carbocycles. The molecule has 27 heavy (non-hydrogen) atoms. The molecule has 0 bridgehead atoms. The molecule has 1 atom stereocenters. The zero-order valence-corrected chi connectivity index (χ0v) is 19.1. The fourth-order valence-electron chi connectivity index (χ4n) is 3.30. The molecule has 0 saturated heterocycles. The highest BCUT2D eigenvalue weighted by molar-refractivity contribution is 7.80. The van der Waals surface area contributed by atoms with E-state index in [9.17, 15) is 28.7 Å². The third-order valence-electron chi connectivity index (χ3n) is 4.70. The summed E-state index contributed by atoms with van der Waals surface area (Å²) >= 11 is 4.07. The minimum absolute atomic E-state index is 0.276. The summed E-state index contributed by atoms with van der Waals surface area (Å²) < 4.78 is 23.2. The van der Waals surface area contributed by atoms with Crippen molar-refractivity contribution in [3.8, 4) is 0 Å². The fourth-order valence-corrected chi connectivity index (χ4v) is 6.89. The first kappa shape index (κ1) is 27.4. The molecule has 9 heteroatoms. The molecule has 0 fully saturated rings.